The van der Waals surface area contributed by atoms with Crippen LogP contribution in [0.5, 0.6) is 5.75 Å². The van der Waals surface area contributed by atoms with Gasteiger partial charge in [0.15, 0.2) is 0 Å². The van der Waals surface area contributed by atoms with Crippen molar-refractivity contribution in [3.05, 3.63) is 29.8 Å². The average Bonchev–Trinajstić information content (AvgIpc) is 2.36. The van der Waals surface area contributed by atoms with Crippen LogP contribution in [0.4, 0.5) is 0 Å². The Morgan fingerprint density at radius 2 is 1.72 bits per heavy atom. The van der Waals surface area contributed by atoms with Crippen molar-refractivity contribution in [2.45, 2.75) is 32.1 Å². The summed E-state index contributed by atoms with van der Waals surface area (Å²) in [7, 11) is 3.31. The molecule has 4 nitrogen and oxygen atoms in total. The molecule has 0 bridgehead atoms. The number of nitrogens with two attached hydrogens (primary N) is 1. The summed E-state index contributed by atoms with van der Waals surface area (Å²) in [6.45, 7) is 4.47. The third kappa shape index (κ3) is 4.29. The average molecular weight is 253 g/mol. The summed E-state index contributed by atoms with van der Waals surface area (Å²) in [5.74, 6) is 0.826. The number of hydrogen-bond acceptors (Lipinski definition) is 4. The van der Waals surface area contributed by atoms with Crippen LogP contribution in [-0.2, 0) is 9.47 Å². The first kappa shape index (κ1) is 15.0. The van der Waals surface area contributed by atoms with Gasteiger partial charge in [-0.05, 0) is 31.5 Å². The molecule has 3 atom stereocenters. The number of ether oxygens (including phenoxy) is 3. The third-order valence-corrected chi connectivity index (χ3v) is 2.70. The molecule has 3 unspecified atom stereocenters. The van der Waals surface area contributed by atoms with Gasteiger partial charge in [-0.1, -0.05) is 12.1 Å². The Morgan fingerprint density at radius 3 is 2.17 bits per heavy atom. The van der Waals surface area contributed by atoms with Crippen molar-refractivity contribution >= 4 is 0 Å². The lowest BCUT2D eigenvalue weighted by atomic mass is 10.0. The highest BCUT2D eigenvalue weighted by molar-refractivity contribution is 5.29. The minimum Gasteiger partial charge on any atom is -0.497 e. The molecule has 0 radical (unpaired) electrons. The van der Waals surface area contributed by atoms with Crippen LogP contribution in [0.1, 0.15) is 25.5 Å². The molecule has 0 aliphatic heterocycles. The van der Waals surface area contributed by atoms with Gasteiger partial charge in [-0.2, -0.15) is 0 Å². The van der Waals surface area contributed by atoms with Gasteiger partial charge in [0.1, 0.15) is 5.75 Å². The first-order valence-electron chi connectivity index (χ1n) is 6.12. The molecule has 4 heteroatoms. The van der Waals surface area contributed by atoms with Gasteiger partial charge >= 0.3 is 0 Å². The molecule has 18 heavy (non-hydrogen) atoms. The highest BCUT2D eigenvalue weighted by atomic mass is 16.5. The lowest BCUT2D eigenvalue weighted by molar-refractivity contribution is -0.0481. The van der Waals surface area contributed by atoms with E-state index in [2.05, 4.69) is 0 Å². The Morgan fingerprint density at radius 1 is 1.11 bits per heavy atom. The molecular weight excluding hydrogens is 230 g/mol. The second kappa shape index (κ2) is 7.36. The minimum atomic E-state index is -0.138. The van der Waals surface area contributed by atoms with E-state index in [1.165, 1.54) is 0 Å². The maximum Gasteiger partial charge on any atom is 0.118 e. The number of methoxy groups -OCH3 is 2. The standard InChI is InChI=1S/C14H23NO3/c1-10(9-16-3)18-14(11(2)15)12-5-7-13(17-4)8-6-12/h5-8,10-11,14H,9,15H2,1-4H3. The van der Waals surface area contributed by atoms with Crippen LogP contribution >= 0.6 is 0 Å². The molecule has 1 rings (SSSR count). The van der Waals surface area contributed by atoms with E-state index < -0.39 is 0 Å². The zero-order valence-corrected chi connectivity index (χ0v) is 11.6. The van der Waals surface area contributed by atoms with Crippen molar-refractivity contribution in [2.24, 2.45) is 5.73 Å². The topological polar surface area (TPSA) is 53.7 Å². The van der Waals surface area contributed by atoms with Crippen molar-refractivity contribution in [1.82, 2.24) is 0 Å². The summed E-state index contributed by atoms with van der Waals surface area (Å²) in [5.41, 5.74) is 7.04. The van der Waals surface area contributed by atoms with Crippen molar-refractivity contribution in [3.63, 3.8) is 0 Å². The molecule has 0 spiro atoms. The fourth-order valence-electron chi connectivity index (χ4n) is 1.82. The Kier molecular flexibility index (Phi) is 6.12. The van der Waals surface area contributed by atoms with Crippen LogP contribution in [-0.4, -0.2) is 33.0 Å². The van der Waals surface area contributed by atoms with Gasteiger partial charge < -0.3 is 19.9 Å². The molecule has 0 heterocycles. The highest BCUT2D eigenvalue weighted by Gasteiger charge is 2.19. The summed E-state index contributed by atoms with van der Waals surface area (Å²) in [6, 6.07) is 7.70. The van der Waals surface area contributed by atoms with Crippen LogP contribution in [0.2, 0.25) is 0 Å². The maximum atomic E-state index is 5.99. The largest absolute Gasteiger partial charge is 0.497 e. The van der Waals surface area contributed by atoms with Crippen molar-refractivity contribution in [2.75, 3.05) is 20.8 Å². The summed E-state index contributed by atoms with van der Waals surface area (Å²) in [6.07, 6.45) is -0.130. The lowest BCUT2D eigenvalue weighted by Gasteiger charge is -2.25. The molecule has 102 valence electrons. The minimum absolute atomic E-state index is 0.00750. The second-order valence-corrected chi connectivity index (χ2v) is 4.45. The SMILES string of the molecule is COCC(C)OC(c1ccc(OC)cc1)C(C)N. The molecule has 0 aromatic heterocycles. The quantitative estimate of drug-likeness (QED) is 0.809. The fraction of sp³-hybridized carbons (Fsp3) is 0.571. The van der Waals surface area contributed by atoms with E-state index in [0.717, 1.165) is 11.3 Å². The van der Waals surface area contributed by atoms with E-state index >= 15 is 0 Å². The highest BCUT2D eigenvalue weighted by Crippen LogP contribution is 2.24. The van der Waals surface area contributed by atoms with Crippen LogP contribution in [0.15, 0.2) is 24.3 Å². The Balaban J connectivity index is 2.76. The van der Waals surface area contributed by atoms with Crippen LogP contribution < -0.4 is 10.5 Å². The monoisotopic (exact) mass is 253 g/mol. The van der Waals surface area contributed by atoms with Gasteiger partial charge in [0.2, 0.25) is 0 Å². The third-order valence-electron chi connectivity index (χ3n) is 2.70. The maximum absolute atomic E-state index is 5.99. The van der Waals surface area contributed by atoms with Gasteiger partial charge in [-0.3, -0.25) is 0 Å². The van der Waals surface area contributed by atoms with Crippen molar-refractivity contribution in [3.8, 4) is 5.75 Å². The van der Waals surface area contributed by atoms with E-state index in [1.807, 2.05) is 38.1 Å². The first-order chi connectivity index (χ1) is 8.58. The van der Waals surface area contributed by atoms with Gasteiger partial charge in [0.05, 0.1) is 25.9 Å². The van der Waals surface area contributed by atoms with Gasteiger partial charge in [0, 0.05) is 13.2 Å². The zero-order valence-electron chi connectivity index (χ0n) is 11.6. The van der Waals surface area contributed by atoms with E-state index in [9.17, 15) is 0 Å². The number of benzene rings is 1. The molecular formula is C14H23NO3. The lowest BCUT2D eigenvalue weighted by Crippen LogP contribution is -2.31. The Labute approximate surface area is 109 Å². The van der Waals surface area contributed by atoms with Crippen molar-refractivity contribution < 1.29 is 14.2 Å². The number of rotatable bonds is 7. The molecule has 0 saturated carbocycles. The van der Waals surface area contributed by atoms with E-state index in [0.29, 0.717) is 6.61 Å². The second-order valence-electron chi connectivity index (χ2n) is 4.45. The van der Waals surface area contributed by atoms with Gasteiger partial charge in [-0.15, -0.1) is 0 Å². The molecule has 0 aliphatic rings. The Bertz CT molecular complexity index is 337. The van der Waals surface area contributed by atoms with Crippen molar-refractivity contribution in [1.29, 1.82) is 0 Å². The van der Waals surface area contributed by atoms with E-state index in [1.54, 1.807) is 14.2 Å². The predicted octanol–water partition coefficient (Wildman–Crippen LogP) is 2.14. The van der Waals surface area contributed by atoms with E-state index in [-0.39, 0.29) is 18.2 Å². The summed E-state index contributed by atoms with van der Waals surface area (Å²) >= 11 is 0. The molecule has 0 fully saturated rings. The zero-order chi connectivity index (χ0) is 13.5. The molecule has 0 aliphatic carbocycles. The summed E-state index contributed by atoms with van der Waals surface area (Å²) in [5, 5.41) is 0. The molecule has 0 saturated heterocycles. The Hall–Kier alpha value is -1.10. The van der Waals surface area contributed by atoms with Gasteiger partial charge in [0.25, 0.3) is 0 Å². The molecule has 0 amide bonds. The summed E-state index contributed by atoms with van der Waals surface area (Å²) in [4.78, 5) is 0. The first-order valence-corrected chi connectivity index (χ1v) is 6.12. The van der Waals surface area contributed by atoms with Gasteiger partial charge in [-0.25, -0.2) is 0 Å². The predicted molar refractivity (Wildman–Crippen MR) is 71.8 cm³/mol. The number of hydrogen-bond donors (Lipinski definition) is 1. The van der Waals surface area contributed by atoms with Crippen LogP contribution in [0, 0.1) is 0 Å². The fourth-order valence-corrected chi connectivity index (χ4v) is 1.82. The van der Waals surface area contributed by atoms with Crippen LogP contribution in [0.25, 0.3) is 0 Å². The molecule has 1 aromatic rings. The summed E-state index contributed by atoms with van der Waals surface area (Å²) < 4.78 is 16.1. The normalized spacial score (nSPS) is 16.1. The van der Waals surface area contributed by atoms with Crippen LogP contribution in [0.3, 0.4) is 0 Å². The molecule has 2 N–H and O–H groups in total. The molecule has 1 aromatic carbocycles. The smallest absolute Gasteiger partial charge is 0.118 e. The van der Waals surface area contributed by atoms with E-state index in [4.69, 9.17) is 19.9 Å².